The van der Waals surface area contributed by atoms with Crippen LogP contribution in [0.4, 0.5) is 10.1 Å². The summed E-state index contributed by atoms with van der Waals surface area (Å²) in [7, 11) is 1.43. The molecule has 1 aliphatic rings. The number of hydrogen-bond acceptors (Lipinski definition) is 5. The molecule has 1 aliphatic heterocycles. The lowest BCUT2D eigenvalue weighted by Crippen LogP contribution is -2.44. The zero-order valence-corrected chi connectivity index (χ0v) is 10.7. The number of halogens is 1. The van der Waals surface area contributed by atoms with Gasteiger partial charge < -0.3 is 15.3 Å². The highest BCUT2D eigenvalue weighted by Crippen LogP contribution is 2.22. The van der Waals surface area contributed by atoms with E-state index in [1.807, 2.05) is 0 Å². The standard InChI is InChI=1S/C12H14FN3O4/c1-15(10-5-14-6-11(10)17)12(18)8-4-7(13)2-3-9(8)16(19)20/h2-4,10-11,14,17H,5-6H2,1H3/t10-,11-/m1/s1. The molecule has 0 radical (unpaired) electrons. The van der Waals surface area contributed by atoms with Gasteiger partial charge in [0, 0.05) is 26.2 Å². The second-order valence-electron chi connectivity index (χ2n) is 4.63. The summed E-state index contributed by atoms with van der Waals surface area (Å²) in [5.74, 6) is -1.42. The van der Waals surface area contributed by atoms with Crippen LogP contribution >= 0.6 is 0 Å². The number of carbonyl (C=O) groups is 1. The normalized spacial score (nSPS) is 21.8. The summed E-state index contributed by atoms with van der Waals surface area (Å²) in [5, 5.41) is 23.5. The number of β-amino-alcohol motifs (C(OH)–C–C–N with tert-alkyl or cyclic N) is 1. The molecule has 1 amide bonds. The second kappa shape index (κ2) is 5.51. The van der Waals surface area contributed by atoms with Crippen molar-refractivity contribution >= 4 is 11.6 Å². The van der Waals surface area contributed by atoms with Gasteiger partial charge in [0.2, 0.25) is 0 Å². The summed E-state index contributed by atoms with van der Waals surface area (Å²) in [5.41, 5.74) is -0.778. The average Bonchev–Trinajstić information content (AvgIpc) is 2.82. The molecule has 2 atom stereocenters. The van der Waals surface area contributed by atoms with E-state index in [4.69, 9.17) is 0 Å². The van der Waals surface area contributed by atoms with Crippen molar-refractivity contribution in [3.63, 3.8) is 0 Å². The molecule has 2 rings (SSSR count). The number of aliphatic hydroxyl groups is 1. The molecule has 0 aliphatic carbocycles. The number of nitrogens with one attached hydrogen (secondary N) is 1. The van der Waals surface area contributed by atoms with Gasteiger partial charge in [0.15, 0.2) is 0 Å². The third kappa shape index (κ3) is 2.61. The minimum absolute atomic E-state index is 0.323. The molecule has 8 heteroatoms. The lowest BCUT2D eigenvalue weighted by Gasteiger charge is -2.26. The fourth-order valence-corrected chi connectivity index (χ4v) is 2.23. The van der Waals surface area contributed by atoms with Crippen LogP contribution in [0.2, 0.25) is 0 Å². The molecule has 1 aromatic rings. The minimum Gasteiger partial charge on any atom is -0.390 e. The Bertz CT molecular complexity index is 552. The molecule has 20 heavy (non-hydrogen) atoms. The van der Waals surface area contributed by atoms with Crippen LogP contribution in [0.25, 0.3) is 0 Å². The Balaban J connectivity index is 2.33. The van der Waals surface area contributed by atoms with E-state index in [0.717, 1.165) is 18.2 Å². The summed E-state index contributed by atoms with van der Waals surface area (Å²) < 4.78 is 13.2. The van der Waals surface area contributed by atoms with Crippen molar-refractivity contribution in [1.82, 2.24) is 10.2 Å². The molecule has 0 saturated carbocycles. The van der Waals surface area contributed by atoms with Crippen LogP contribution < -0.4 is 5.32 Å². The third-order valence-corrected chi connectivity index (χ3v) is 3.35. The summed E-state index contributed by atoms with van der Waals surface area (Å²) in [6, 6.07) is 2.23. The fraction of sp³-hybridized carbons (Fsp3) is 0.417. The monoisotopic (exact) mass is 283 g/mol. The smallest absolute Gasteiger partial charge is 0.282 e. The second-order valence-corrected chi connectivity index (χ2v) is 4.63. The van der Waals surface area contributed by atoms with Gasteiger partial charge in [0.05, 0.1) is 17.1 Å². The van der Waals surface area contributed by atoms with Crippen LogP contribution in [0.3, 0.4) is 0 Å². The summed E-state index contributed by atoms with van der Waals surface area (Å²) in [4.78, 5) is 23.6. The van der Waals surface area contributed by atoms with E-state index in [1.54, 1.807) is 0 Å². The van der Waals surface area contributed by atoms with Crippen LogP contribution in [0, 0.1) is 15.9 Å². The number of nitro benzene ring substituents is 1. The van der Waals surface area contributed by atoms with E-state index in [9.17, 15) is 24.4 Å². The Kier molecular flexibility index (Phi) is 3.96. The first-order valence-electron chi connectivity index (χ1n) is 6.01. The van der Waals surface area contributed by atoms with Crippen molar-refractivity contribution in [2.24, 2.45) is 0 Å². The van der Waals surface area contributed by atoms with Crippen LogP contribution in [0.15, 0.2) is 18.2 Å². The first-order valence-corrected chi connectivity index (χ1v) is 6.01. The van der Waals surface area contributed by atoms with Crippen molar-refractivity contribution < 1.29 is 19.2 Å². The van der Waals surface area contributed by atoms with Crippen molar-refractivity contribution in [1.29, 1.82) is 0 Å². The Labute approximate surface area is 114 Å². The van der Waals surface area contributed by atoms with E-state index >= 15 is 0 Å². The first kappa shape index (κ1) is 14.4. The molecule has 0 unspecified atom stereocenters. The molecule has 0 bridgehead atoms. The maximum Gasteiger partial charge on any atom is 0.282 e. The zero-order chi connectivity index (χ0) is 14.9. The molecule has 1 aromatic carbocycles. The molecule has 0 aromatic heterocycles. The lowest BCUT2D eigenvalue weighted by atomic mass is 10.1. The van der Waals surface area contributed by atoms with Crippen molar-refractivity contribution in [2.45, 2.75) is 12.1 Å². The van der Waals surface area contributed by atoms with Gasteiger partial charge in [0.25, 0.3) is 11.6 Å². The number of likely N-dealkylation sites (N-methyl/N-ethyl adjacent to an activating group) is 1. The zero-order valence-electron chi connectivity index (χ0n) is 10.7. The van der Waals surface area contributed by atoms with Gasteiger partial charge in [-0.25, -0.2) is 4.39 Å². The van der Waals surface area contributed by atoms with Crippen LogP contribution in [0.1, 0.15) is 10.4 Å². The molecule has 7 nitrogen and oxygen atoms in total. The highest BCUT2D eigenvalue weighted by molar-refractivity contribution is 5.98. The summed E-state index contributed by atoms with van der Waals surface area (Å²) >= 11 is 0. The van der Waals surface area contributed by atoms with Gasteiger partial charge in [-0.2, -0.15) is 0 Å². The maximum absolute atomic E-state index is 13.2. The largest absolute Gasteiger partial charge is 0.390 e. The van der Waals surface area contributed by atoms with E-state index in [0.29, 0.717) is 13.1 Å². The highest BCUT2D eigenvalue weighted by Gasteiger charge is 2.34. The quantitative estimate of drug-likeness (QED) is 0.607. The molecular weight excluding hydrogens is 269 g/mol. The predicted octanol–water partition coefficient (Wildman–Crippen LogP) is 0.139. The molecule has 2 N–H and O–H groups in total. The van der Waals surface area contributed by atoms with Gasteiger partial charge in [-0.15, -0.1) is 0 Å². The molecule has 108 valence electrons. The van der Waals surface area contributed by atoms with E-state index in [2.05, 4.69) is 5.32 Å². The van der Waals surface area contributed by atoms with Crippen molar-refractivity contribution in [2.75, 3.05) is 20.1 Å². The number of aliphatic hydroxyl groups excluding tert-OH is 1. The average molecular weight is 283 g/mol. The number of hydrogen-bond donors (Lipinski definition) is 2. The fourth-order valence-electron chi connectivity index (χ4n) is 2.23. The van der Waals surface area contributed by atoms with Gasteiger partial charge in [-0.3, -0.25) is 14.9 Å². The predicted molar refractivity (Wildman–Crippen MR) is 67.8 cm³/mol. The van der Waals surface area contributed by atoms with Gasteiger partial charge >= 0.3 is 0 Å². The third-order valence-electron chi connectivity index (χ3n) is 3.35. The number of carbonyl (C=O) groups excluding carboxylic acids is 1. The van der Waals surface area contributed by atoms with Gasteiger partial charge in [-0.1, -0.05) is 0 Å². The Hall–Kier alpha value is -2.06. The summed E-state index contributed by atoms with van der Waals surface area (Å²) in [6.07, 6.45) is -0.753. The van der Waals surface area contributed by atoms with E-state index in [-0.39, 0.29) is 5.56 Å². The number of rotatable bonds is 3. The molecular formula is C12H14FN3O4. The SMILES string of the molecule is CN(C(=O)c1cc(F)ccc1[N+](=O)[O-])[C@@H]1CNC[C@H]1O. The van der Waals surface area contributed by atoms with Crippen LogP contribution in [-0.4, -0.2) is 53.1 Å². The van der Waals surface area contributed by atoms with E-state index < -0.39 is 34.5 Å². The van der Waals surface area contributed by atoms with Crippen molar-refractivity contribution in [3.05, 3.63) is 39.7 Å². The molecule has 1 saturated heterocycles. The minimum atomic E-state index is -0.753. The van der Waals surface area contributed by atoms with Gasteiger partial charge in [0.1, 0.15) is 11.4 Å². The number of amides is 1. The molecule has 0 spiro atoms. The topological polar surface area (TPSA) is 95.7 Å². The van der Waals surface area contributed by atoms with Gasteiger partial charge in [-0.05, 0) is 12.1 Å². The van der Waals surface area contributed by atoms with Crippen LogP contribution in [-0.2, 0) is 0 Å². The van der Waals surface area contributed by atoms with E-state index in [1.165, 1.54) is 11.9 Å². The molecule has 1 fully saturated rings. The first-order chi connectivity index (χ1) is 9.41. The number of nitrogens with zero attached hydrogens (tertiary/aromatic N) is 2. The van der Waals surface area contributed by atoms with Crippen molar-refractivity contribution in [3.8, 4) is 0 Å². The Morgan fingerprint density at radius 2 is 2.25 bits per heavy atom. The summed E-state index contributed by atoms with van der Waals surface area (Å²) in [6.45, 7) is 0.722. The Morgan fingerprint density at radius 3 is 2.80 bits per heavy atom. The lowest BCUT2D eigenvalue weighted by molar-refractivity contribution is -0.385. The molecule has 1 heterocycles. The Morgan fingerprint density at radius 1 is 1.55 bits per heavy atom. The number of benzene rings is 1. The maximum atomic E-state index is 13.2. The number of nitro groups is 1. The van der Waals surface area contributed by atoms with Crippen LogP contribution in [0.5, 0.6) is 0 Å². The highest BCUT2D eigenvalue weighted by atomic mass is 19.1.